The van der Waals surface area contributed by atoms with E-state index in [1.807, 2.05) is 56.3 Å². The van der Waals surface area contributed by atoms with Crippen molar-refractivity contribution in [3.05, 3.63) is 88.6 Å². The summed E-state index contributed by atoms with van der Waals surface area (Å²) in [6, 6.07) is 19.3. The van der Waals surface area contributed by atoms with E-state index in [1.165, 1.54) is 0 Å². The Morgan fingerprint density at radius 1 is 0.848 bits per heavy atom. The Bertz CT molecular complexity index is 1240. The van der Waals surface area contributed by atoms with Crippen molar-refractivity contribution in [2.45, 2.75) is 13.8 Å². The van der Waals surface area contributed by atoms with Gasteiger partial charge in [0.05, 0.1) is 27.0 Å². The minimum atomic E-state index is -0.199. The van der Waals surface area contributed by atoms with Crippen LogP contribution in [0.4, 0.5) is 5.69 Å². The molecule has 4 rings (SSSR count). The molecule has 0 saturated heterocycles. The molecule has 0 aliphatic carbocycles. The van der Waals surface area contributed by atoms with Crippen molar-refractivity contribution in [3.63, 3.8) is 0 Å². The van der Waals surface area contributed by atoms with Crippen LogP contribution >= 0.6 is 0 Å². The van der Waals surface area contributed by atoms with Crippen LogP contribution in [0.2, 0.25) is 0 Å². The van der Waals surface area contributed by atoms with E-state index in [9.17, 15) is 4.79 Å². The lowest BCUT2D eigenvalue weighted by Gasteiger charge is -2.21. The minimum Gasteiger partial charge on any atom is -0.493 e. The molecule has 1 heterocycles. The average molecular weight is 443 g/mol. The summed E-state index contributed by atoms with van der Waals surface area (Å²) < 4.78 is 16.3. The molecule has 0 saturated carbocycles. The normalized spacial score (nSPS) is 14.5. The van der Waals surface area contributed by atoms with Gasteiger partial charge in [-0.05, 0) is 49.2 Å². The molecule has 0 atom stereocenters. The van der Waals surface area contributed by atoms with E-state index in [-0.39, 0.29) is 5.91 Å². The van der Waals surface area contributed by atoms with Gasteiger partial charge in [0.15, 0.2) is 11.5 Å². The van der Waals surface area contributed by atoms with Crippen molar-refractivity contribution < 1.29 is 19.0 Å². The molecule has 1 aliphatic rings. The Balaban J connectivity index is 1.85. The van der Waals surface area contributed by atoms with Gasteiger partial charge in [0, 0.05) is 5.56 Å². The first-order valence-electron chi connectivity index (χ1n) is 10.5. The van der Waals surface area contributed by atoms with Crippen LogP contribution in [-0.4, -0.2) is 33.1 Å². The number of nitrogens with zero attached hydrogens (tertiary/aromatic N) is 2. The van der Waals surface area contributed by atoms with E-state index in [1.54, 1.807) is 44.4 Å². The Hall–Kier alpha value is -4.06. The molecule has 0 aromatic heterocycles. The largest absolute Gasteiger partial charge is 0.493 e. The number of rotatable bonds is 6. The second kappa shape index (κ2) is 9.20. The molecule has 1 aliphatic heterocycles. The molecule has 0 unspecified atom stereocenters. The highest BCUT2D eigenvalue weighted by atomic mass is 16.5. The van der Waals surface area contributed by atoms with Crippen molar-refractivity contribution in [1.29, 1.82) is 0 Å². The fourth-order valence-corrected chi connectivity index (χ4v) is 3.92. The maximum atomic E-state index is 13.6. The van der Waals surface area contributed by atoms with Gasteiger partial charge in [-0.3, -0.25) is 9.69 Å². The summed E-state index contributed by atoms with van der Waals surface area (Å²) in [4.78, 5) is 20.0. The second-order valence-corrected chi connectivity index (χ2v) is 7.72. The first-order chi connectivity index (χ1) is 16.0. The zero-order chi connectivity index (χ0) is 23.5. The summed E-state index contributed by atoms with van der Waals surface area (Å²) in [5.41, 5.74) is 4.84. The predicted molar refractivity (Wildman–Crippen MR) is 130 cm³/mol. The number of amides is 1. The van der Waals surface area contributed by atoms with Crippen molar-refractivity contribution in [2.75, 3.05) is 26.2 Å². The van der Waals surface area contributed by atoms with E-state index in [4.69, 9.17) is 19.2 Å². The van der Waals surface area contributed by atoms with E-state index < -0.39 is 0 Å². The van der Waals surface area contributed by atoms with E-state index in [0.29, 0.717) is 34.3 Å². The predicted octanol–water partition coefficient (Wildman–Crippen LogP) is 5.16. The summed E-state index contributed by atoms with van der Waals surface area (Å²) in [5.74, 6) is 1.89. The summed E-state index contributed by atoms with van der Waals surface area (Å²) in [5, 5.41) is 0. The number of carbonyl (C=O) groups excluding carboxylic acids is 1. The first-order valence-corrected chi connectivity index (χ1v) is 10.5. The first kappa shape index (κ1) is 22.1. The Morgan fingerprint density at radius 3 is 2.09 bits per heavy atom. The molecule has 3 aromatic rings. The minimum absolute atomic E-state index is 0.199. The number of aryl methyl sites for hydroxylation is 2. The lowest BCUT2D eigenvalue weighted by atomic mass is 10.1. The number of anilines is 1. The number of hydrogen-bond donors (Lipinski definition) is 0. The van der Waals surface area contributed by atoms with Crippen LogP contribution in [0.1, 0.15) is 22.3 Å². The number of carbonyl (C=O) groups is 1. The standard InChI is InChI=1S/C27H26N2O4/c1-17-11-12-22(18(2)13-17)29-26(20-9-7-6-8-10-20)28-21(27(29)30)14-19-15-23(31-3)25(33-5)24(16-19)32-4/h6-16H,1-5H3. The van der Waals surface area contributed by atoms with Crippen molar-refractivity contribution in [2.24, 2.45) is 4.99 Å². The maximum Gasteiger partial charge on any atom is 0.282 e. The molecule has 168 valence electrons. The highest BCUT2D eigenvalue weighted by Gasteiger charge is 2.33. The van der Waals surface area contributed by atoms with E-state index in [2.05, 4.69) is 6.07 Å². The number of aliphatic imine (C=N–C) groups is 1. The van der Waals surface area contributed by atoms with Crippen LogP contribution in [0, 0.1) is 13.8 Å². The Morgan fingerprint density at radius 2 is 1.52 bits per heavy atom. The smallest absolute Gasteiger partial charge is 0.282 e. The maximum absolute atomic E-state index is 13.6. The average Bonchev–Trinajstić information content (AvgIpc) is 3.14. The molecule has 1 amide bonds. The summed E-state index contributed by atoms with van der Waals surface area (Å²) >= 11 is 0. The fourth-order valence-electron chi connectivity index (χ4n) is 3.92. The molecular weight excluding hydrogens is 416 g/mol. The Labute approximate surface area is 193 Å². The molecule has 0 radical (unpaired) electrons. The van der Waals surface area contributed by atoms with Crippen LogP contribution in [0.25, 0.3) is 6.08 Å². The van der Waals surface area contributed by atoms with Crippen molar-refractivity contribution >= 4 is 23.5 Å². The van der Waals surface area contributed by atoms with Crippen LogP contribution in [0.3, 0.4) is 0 Å². The molecule has 0 bridgehead atoms. The molecule has 0 fully saturated rings. The van der Waals surface area contributed by atoms with Gasteiger partial charge in [-0.25, -0.2) is 4.99 Å². The zero-order valence-electron chi connectivity index (χ0n) is 19.4. The van der Waals surface area contributed by atoms with Gasteiger partial charge in [-0.1, -0.05) is 48.0 Å². The SMILES string of the molecule is COc1cc(C=C2N=C(c3ccccc3)N(c3ccc(C)cc3C)C2=O)cc(OC)c1OC. The third-order valence-corrected chi connectivity index (χ3v) is 5.48. The Kier molecular flexibility index (Phi) is 6.18. The lowest BCUT2D eigenvalue weighted by Crippen LogP contribution is -2.33. The number of ether oxygens (including phenoxy) is 3. The molecule has 0 N–H and O–H groups in total. The molecule has 6 nitrogen and oxygen atoms in total. The van der Waals surface area contributed by atoms with Gasteiger partial charge in [0.2, 0.25) is 5.75 Å². The number of benzene rings is 3. The quantitative estimate of drug-likeness (QED) is 0.495. The van der Waals surface area contributed by atoms with E-state index in [0.717, 1.165) is 22.4 Å². The van der Waals surface area contributed by atoms with E-state index >= 15 is 0 Å². The molecule has 6 heteroatoms. The second-order valence-electron chi connectivity index (χ2n) is 7.72. The lowest BCUT2D eigenvalue weighted by molar-refractivity contribution is -0.113. The van der Waals surface area contributed by atoms with Gasteiger partial charge in [-0.2, -0.15) is 0 Å². The van der Waals surface area contributed by atoms with Crippen molar-refractivity contribution in [3.8, 4) is 17.2 Å². The fraction of sp³-hybridized carbons (Fsp3) is 0.185. The highest BCUT2D eigenvalue weighted by molar-refractivity contribution is 6.33. The molecule has 3 aromatic carbocycles. The van der Waals surface area contributed by atoms with Gasteiger partial charge in [0.25, 0.3) is 5.91 Å². The van der Waals surface area contributed by atoms with Crippen LogP contribution < -0.4 is 19.1 Å². The van der Waals surface area contributed by atoms with Gasteiger partial charge >= 0.3 is 0 Å². The highest BCUT2D eigenvalue weighted by Crippen LogP contribution is 2.39. The molecular formula is C27H26N2O4. The summed E-state index contributed by atoms with van der Waals surface area (Å²) in [7, 11) is 4.67. The van der Waals surface area contributed by atoms with Gasteiger partial charge < -0.3 is 14.2 Å². The number of hydrogen-bond acceptors (Lipinski definition) is 5. The third kappa shape index (κ3) is 4.20. The monoisotopic (exact) mass is 442 g/mol. The topological polar surface area (TPSA) is 60.4 Å². The van der Waals surface area contributed by atoms with Gasteiger partial charge in [0.1, 0.15) is 11.5 Å². The number of amidine groups is 1. The summed E-state index contributed by atoms with van der Waals surface area (Å²) in [6.45, 7) is 4.03. The van der Waals surface area contributed by atoms with Crippen LogP contribution in [-0.2, 0) is 4.79 Å². The van der Waals surface area contributed by atoms with Crippen molar-refractivity contribution in [1.82, 2.24) is 0 Å². The molecule has 33 heavy (non-hydrogen) atoms. The summed E-state index contributed by atoms with van der Waals surface area (Å²) in [6.07, 6.45) is 1.74. The van der Waals surface area contributed by atoms with Crippen LogP contribution in [0.5, 0.6) is 17.2 Å². The van der Waals surface area contributed by atoms with Gasteiger partial charge in [-0.15, -0.1) is 0 Å². The van der Waals surface area contributed by atoms with Crippen LogP contribution in [0.15, 0.2) is 71.4 Å². The molecule has 0 spiro atoms. The third-order valence-electron chi connectivity index (χ3n) is 5.48. The zero-order valence-corrected chi connectivity index (χ0v) is 19.4. The number of methoxy groups -OCH3 is 3.